The van der Waals surface area contributed by atoms with Gasteiger partial charge in [0.05, 0.1) is 18.9 Å². The van der Waals surface area contributed by atoms with Gasteiger partial charge >= 0.3 is 5.97 Å². The first-order valence-corrected chi connectivity index (χ1v) is 10.6. The van der Waals surface area contributed by atoms with Crippen molar-refractivity contribution in [2.24, 2.45) is 0 Å². The molecule has 10 heteroatoms. The molecule has 10 nitrogen and oxygen atoms in total. The van der Waals surface area contributed by atoms with Gasteiger partial charge in [0, 0.05) is 50.2 Å². The lowest BCUT2D eigenvalue weighted by molar-refractivity contribution is 0.0535. The smallest absolute Gasteiger partial charge is 0.338 e. The van der Waals surface area contributed by atoms with Crippen LogP contribution in [0, 0.1) is 23.7 Å². The molecule has 1 aromatic heterocycles. The number of carbonyl (C=O) groups excluding carboxylic acids is 1. The largest absolute Gasteiger partial charge is 0.480 e. The molecule has 4 rings (SSSR count). The van der Waals surface area contributed by atoms with Gasteiger partial charge in [-0.25, -0.2) is 9.78 Å². The molecule has 1 aromatic carbocycles. The molecule has 2 aliphatic rings. The van der Waals surface area contributed by atoms with Crippen LogP contribution >= 0.6 is 0 Å². The van der Waals surface area contributed by atoms with E-state index in [2.05, 4.69) is 25.5 Å². The van der Waals surface area contributed by atoms with Gasteiger partial charge in [-0.2, -0.15) is 10.2 Å². The number of ether oxygens (including phenoxy) is 2. The number of rotatable bonds is 7. The minimum Gasteiger partial charge on any atom is -0.480 e. The van der Waals surface area contributed by atoms with Crippen LogP contribution in [0.5, 0.6) is 5.88 Å². The molecule has 0 amide bonds. The summed E-state index contributed by atoms with van der Waals surface area (Å²) in [4.78, 5) is 22.4. The Labute approximate surface area is 191 Å². The van der Waals surface area contributed by atoms with Crippen LogP contribution in [0.3, 0.4) is 0 Å². The molecule has 0 saturated carbocycles. The van der Waals surface area contributed by atoms with Crippen molar-refractivity contribution in [3.05, 3.63) is 57.9 Å². The molecule has 0 radical (unpaired) electrons. The summed E-state index contributed by atoms with van der Waals surface area (Å²) >= 11 is 0. The average Bonchev–Trinajstić information content (AvgIpc) is 3.23. The van der Waals surface area contributed by atoms with Gasteiger partial charge in [-0.1, -0.05) is 6.07 Å². The summed E-state index contributed by atoms with van der Waals surface area (Å²) in [5, 5.41) is 23.4. The van der Waals surface area contributed by atoms with E-state index in [-0.39, 0.29) is 29.4 Å². The van der Waals surface area contributed by atoms with Gasteiger partial charge < -0.3 is 25.5 Å². The average molecular weight is 447 g/mol. The van der Waals surface area contributed by atoms with E-state index in [1.807, 2.05) is 25.1 Å². The monoisotopic (exact) mass is 447 g/mol. The highest BCUT2D eigenvalue weighted by atomic mass is 16.5. The maximum atomic E-state index is 11.8. The Morgan fingerprint density at radius 1 is 1.52 bits per heavy atom. The number of nitriles is 1. The molecule has 0 spiro atoms. The Morgan fingerprint density at radius 3 is 3.12 bits per heavy atom. The molecule has 33 heavy (non-hydrogen) atoms. The first-order valence-electron chi connectivity index (χ1n) is 10.6. The predicted octanol–water partition coefficient (Wildman–Crippen LogP) is 1.93. The van der Waals surface area contributed by atoms with Gasteiger partial charge in [0.1, 0.15) is 18.2 Å². The van der Waals surface area contributed by atoms with Crippen LogP contribution in [0.25, 0.3) is 0 Å². The van der Waals surface area contributed by atoms with Crippen molar-refractivity contribution < 1.29 is 14.3 Å². The van der Waals surface area contributed by atoms with Gasteiger partial charge in [0.2, 0.25) is 11.8 Å². The summed E-state index contributed by atoms with van der Waals surface area (Å²) in [7, 11) is 1.44. The highest BCUT2D eigenvalue weighted by Gasteiger charge is 2.28. The van der Waals surface area contributed by atoms with Crippen LogP contribution in [0.4, 0.5) is 5.95 Å². The number of anilines is 1. The molecule has 3 N–H and O–H groups in total. The van der Waals surface area contributed by atoms with E-state index in [1.165, 1.54) is 19.5 Å². The fourth-order valence-corrected chi connectivity index (χ4v) is 4.12. The van der Waals surface area contributed by atoms with E-state index < -0.39 is 0 Å². The first-order chi connectivity index (χ1) is 16.0. The molecule has 0 aliphatic carbocycles. The number of benzene rings is 1. The minimum atomic E-state index is -0.255. The Morgan fingerprint density at radius 2 is 2.36 bits per heavy atom. The van der Waals surface area contributed by atoms with Crippen molar-refractivity contribution in [3.63, 3.8) is 0 Å². The highest BCUT2D eigenvalue weighted by Crippen LogP contribution is 2.30. The number of piperazine rings is 1. The zero-order valence-corrected chi connectivity index (χ0v) is 18.5. The molecule has 2 aliphatic heterocycles. The number of hydrogen-bond acceptors (Lipinski definition) is 10. The number of aromatic nitrogens is 2. The second-order valence-electron chi connectivity index (χ2n) is 7.86. The second-order valence-corrected chi connectivity index (χ2v) is 7.86. The number of hydrogen-bond donors (Lipinski definition) is 3. The summed E-state index contributed by atoms with van der Waals surface area (Å²) in [6.45, 7) is 5.36. The Kier molecular flexibility index (Phi) is 6.63. The van der Waals surface area contributed by atoms with Crippen LogP contribution in [0.15, 0.2) is 30.1 Å². The van der Waals surface area contributed by atoms with E-state index in [4.69, 9.17) is 20.1 Å². The zero-order chi connectivity index (χ0) is 23.4. The third-order valence-electron chi connectivity index (χ3n) is 5.89. The van der Waals surface area contributed by atoms with Crippen molar-refractivity contribution >= 4 is 18.1 Å². The Balaban J connectivity index is 1.44. The molecule has 1 fully saturated rings. The number of carbonyl (C=O) groups is 1. The molecule has 1 atom stereocenters. The number of cyclic esters (lactones) is 1. The number of methoxy groups -OCH3 is 1. The molecule has 1 saturated heterocycles. The maximum Gasteiger partial charge on any atom is 0.338 e. The number of esters is 1. The van der Waals surface area contributed by atoms with E-state index >= 15 is 0 Å². The van der Waals surface area contributed by atoms with E-state index in [0.717, 1.165) is 41.9 Å². The van der Waals surface area contributed by atoms with E-state index in [9.17, 15) is 4.79 Å². The lowest BCUT2D eigenvalue weighted by Gasteiger charge is -2.35. The van der Waals surface area contributed by atoms with Crippen LogP contribution in [-0.4, -0.2) is 60.3 Å². The highest BCUT2D eigenvalue weighted by molar-refractivity contribution is 5.94. The van der Waals surface area contributed by atoms with Gasteiger partial charge in [-0.15, -0.1) is 0 Å². The fourth-order valence-electron chi connectivity index (χ4n) is 4.12. The SMILES string of the molecule is COc1nc(N/C=C(\C=N)CN2CCN[C@H](c3ccc4c(c3C)COC4=O)C2)ncc1C#N. The Hall–Kier alpha value is -3.81. The maximum absolute atomic E-state index is 11.8. The summed E-state index contributed by atoms with van der Waals surface area (Å²) in [6.07, 6.45) is 4.38. The van der Waals surface area contributed by atoms with Crippen LogP contribution < -0.4 is 15.4 Å². The molecule has 0 bridgehead atoms. The van der Waals surface area contributed by atoms with Crippen LogP contribution in [0.2, 0.25) is 0 Å². The van der Waals surface area contributed by atoms with Gasteiger partial charge in [0.25, 0.3) is 0 Å². The quantitative estimate of drug-likeness (QED) is 0.429. The molecule has 170 valence electrons. The van der Waals surface area contributed by atoms with Crippen molar-refractivity contribution in [2.45, 2.75) is 19.6 Å². The van der Waals surface area contributed by atoms with Gasteiger partial charge in [0.15, 0.2) is 0 Å². The first kappa shape index (κ1) is 22.4. The minimum absolute atomic E-state index is 0.116. The van der Waals surface area contributed by atoms with Crippen molar-refractivity contribution in [3.8, 4) is 11.9 Å². The lowest BCUT2D eigenvalue weighted by Crippen LogP contribution is -2.46. The third kappa shape index (κ3) is 4.69. The predicted molar refractivity (Wildman–Crippen MR) is 121 cm³/mol. The Bertz CT molecular complexity index is 1160. The fraction of sp³-hybridized carbons (Fsp3) is 0.348. The van der Waals surface area contributed by atoms with Gasteiger partial charge in [-0.05, 0) is 29.7 Å². The summed E-state index contributed by atoms with van der Waals surface area (Å²) < 4.78 is 10.3. The summed E-state index contributed by atoms with van der Waals surface area (Å²) in [5.74, 6) is 0.227. The zero-order valence-electron chi connectivity index (χ0n) is 18.5. The van der Waals surface area contributed by atoms with E-state index in [1.54, 1.807) is 6.20 Å². The molecule has 0 unspecified atom stereocenters. The van der Waals surface area contributed by atoms with Gasteiger partial charge in [-0.3, -0.25) is 4.90 Å². The van der Waals surface area contributed by atoms with Crippen molar-refractivity contribution in [2.75, 3.05) is 38.6 Å². The van der Waals surface area contributed by atoms with Crippen molar-refractivity contribution in [1.82, 2.24) is 20.2 Å². The van der Waals surface area contributed by atoms with Crippen molar-refractivity contribution in [1.29, 1.82) is 10.7 Å². The molecule has 2 aromatic rings. The summed E-state index contributed by atoms with van der Waals surface area (Å²) in [5.41, 5.74) is 4.89. The number of fused-ring (bicyclic) bond motifs is 1. The molecular formula is C23H25N7O3. The third-order valence-corrected chi connectivity index (χ3v) is 5.89. The summed E-state index contributed by atoms with van der Waals surface area (Å²) in [6, 6.07) is 5.95. The van der Waals surface area contributed by atoms with Crippen LogP contribution in [0.1, 0.15) is 38.7 Å². The van der Waals surface area contributed by atoms with Crippen LogP contribution in [-0.2, 0) is 11.3 Å². The number of nitrogens with one attached hydrogen (secondary N) is 3. The number of nitrogens with zero attached hydrogens (tertiary/aromatic N) is 4. The topological polar surface area (TPSA) is 136 Å². The lowest BCUT2D eigenvalue weighted by atomic mass is 9.93. The standard InChI is InChI=1S/C23H25N7O3/c1-14-17(3-4-18-19(14)13-33-22(18)31)20-12-30(6-5-26-20)11-15(7-24)9-27-23-28-10-16(8-25)21(29-23)32-2/h3-4,7,9-10,20,24,26H,5-6,11-13H2,1-2H3,(H,27,28,29)/b15-9+,24-7?/t20-/m0/s1. The molecular weight excluding hydrogens is 422 g/mol. The second kappa shape index (κ2) is 9.77. The normalized spacial score (nSPS) is 18.3. The molecule has 3 heterocycles. The van der Waals surface area contributed by atoms with E-state index in [0.29, 0.717) is 18.7 Å².